The van der Waals surface area contributed by atoms with Crippen molar-refractivity contribution in [3.05, 3.63) is 0 Å². The first kappa shape index (κ1) is 14.8. The van der Waals surface area contributed by atoms with Gasteiger partial charge in [0.2, 0.25) is 5.91 Å². The predicted octanol–water partition coefficient (Wildman–Crippen LogP) is 0.502. The molecule has 1 aliphatic carbocycles. The van der Waals surface area contributed by atoms with E-state index in [1.165, 1.54) is 0 Å². The highest BCUT2D eigenvalue weighted by Gasteiger charge is 2.31. The molecule has 2 rings (SSSR count). The molecule has 3 N–H and O–H groups in total. The number of amides is 1. The Balaban J connectivity index is 1.87. The van der Waals surface area contributed by atoms with Crippen LogP contribution in [0, 0.1) is 5.92 Å². The van der Waals surface area contributed by atoms with Crippen LogP contribution in [0.15, 0.2) is 0 Å². The molecule has 1 aliphatic heterocycles. The maximum atomic E-state index is 12.4. The van der Waals surface area contributed by atoms with Gasteiger partial charge in [-0.15, -0.1) is 0 Å². The number of nitrogens with two attached hydrogens (primary N) is 1. The highest BCUT2D eigenvalue weighted by molar-refractivity contribution is 5.77. The molecule has 2 fully saturated rings. The lowest BCUT2D eigenvalue weighted by molar-refractivity contribution is -0.147. The molecule has 0 spiro atoms. The van der Waals surface area contributed by atoms with Crippen molar-refractivity contribution in [1.82, 2.24) is 4.90 Å². The minimum Gasteiger partial charge on any atom is -0.394 e. The van der Waals surface area contributed by atoms with Crippen LogP contribution in [0.4, 0.5) is 0 Å². The third-order valence-corrected chi connectivity index (χ3v) is 4.32. The summed E-state index contributed by atoms with van der Waals surface area (Å²) in [5.74, 6) is 0.618. The zero-order valence-corrected chi connectivity index (χ0v) is 11.8. The Labute approximate surface area is 115 Å². The molecular weight excluding hydrogens is 244 g/mol. The van der Waals surface area contributed by atoms with E-state index in [-0.39, 0.29) is 30.7 Å². The first-order chi connectivity index (χ1) is 9.10. The summed E-state index contributed by atoms with van der Waals surface area (Å²) in [6, 6.07) is 0.367. The molecule has 0 radical (unpaired) electrons. The van der Waals surface area contributed by atoms with Crippen LogP contribution in [-0.4, -0.2) is 53.9 Å². The lowest BCUT2D eigenvalue weighted by Crippen LogP contribution is -2.52. The molecule has 1 saturated heterocycles. The molecule has 0 aromatic rings. The van der Waals surface area contributed by atoms with E-state index in [0.29, 0.717) is 25.5 Å². The third-order valence-electron chi connectivity index (χ3n) is 4.32. The van der Waals surface area contributed by atoms with Crippen molar-refractivity contribution in [3.8, 4) is 0 Å². The molecular formula is C14H26N2O3. The Bertz CT molecular complexity index is 311. The minimum absolute atomic E-state index is 0.0230. The van der Waals surface area contributed by atoms with E-state index < -0.39 is 0 Å². The van der Waals surface area contributed by atoms with Gasteiger partial charge < -0.3 is 20.5 Å². The molecule has 0 bridgehead atoms. The maximum absolute atomic E-state index is 12.4. The fraction of sp³-hybridized carbons (Fsp3) is 0.929. The normalized spacial score (nSPS) is 36.3. The Morgan fingerprint density at radius 2 is 2.26 bits per heavy atom. The number of nitrogens with zero attached hydrogens (tertiary/aromatic N) is 1. The highest BCUT2D eigenvalue weighted by atomic mass is 16.5. The Morgan fingerprint density at radius 1 is 1.47 bits per heavy atom. The lowest BCUT2D eigenvalue weighted by atomic mass is 9.84. The van der Waals surface area contributed by atoms with Gasteiger partial charge in [0.15, 0.2) is 0 Å². The van der Waals surface area contributed by atoms with E-state index in [1.54, 1.807) is 0 Å². The van der Waals surface area contributed by atoms with Crippen molar-refractivity contribution >= 4 is 5.91 Å². The summed E-state index contributed by atoms with van der Waals surface area (Å²) in [6.45, 7) is 3.00. The Morgan fingerprint density at radius 3 is 2.95 bits per heavy atom. The van der Waals surface area contributed by atoms with Gasteiger partial charge in [0.05, 0.1) is 25.4 Å². The van der Waals surface area contributed by atoms with Gasteiger partial charge in [-0.25, -0.2) is 0 Å². The number of carbonyl (C=O) groups is 1. The van der Waals surface area contributed by atoms with E-state index in [2.05, 4.69) is 0 Å². The number of ether oxygens (including phenoxy) is 1. The number of morpholine rings is 1. The van der Waals surface area contributed by atoms with Gasteiger partial charge in [0, 0.05) is 19.0 Å². The third kappa shape index (κ3) is 3.91. The Hall–Kier alpha value is -0.650. The molecule has 4 atom stereocenters. The first-order valence-electron chi connectivity index (χ1n) is 7.37. The maximum Gasteiger partial charge on any atom is 0.223 e. The summed E-state index contributed by atoms with van der Waals surface area (Å²) in [4.78, 5) is 14.3. The zero-order valence-electron chi connectivity index (χ0n) is 11.8. The summed E-state index contributed by atoms with van der Waals surface area (Å²) >= 11 is 0. The molecule has 1 amide bonds. The molecule has 19 heavy (non-hydrogen) atoms. The molecule has 0 aromatic heterocycles. The van der Waals surface area contributed by atoms with E-state index in [0.717, 1.165) is 25.7 Å². The molecule has 0 aromatic carbocycles. The lowest BCUT2D eigenvalue weighted by Gasteiger charge is -2.38. The topological polar surface area (TPSA) is 75.8 Å². The van der Waals surface area contributed by atoms with E-state index in [1.807, 2.05) is 11.8 Å². The van der Waals surface area contributed by atoms with Crippen LogP contribution in [0.2, 0.25) is 0 Å². The fourth-order valence-corrected chi connectivity index (χ4v) is 3.16. The van der Waals surface area contributed by atoms with Crippen molar-refractivity contribution in [1.29, 1.82) is 0 Å². The van der Waals surface area contributed by atoms with Crippen LogP contribution in [0.3, 0.4) is 0 Å². The van der Waals surface area contributed by atoms with Crippen LogP contribution >= 0.6 is 0 Å². The average Bonchev–Trinajstić information content (AvgIpc) is 2.39. The van der Waals surface area contributed by atoms with E-state index in [9.17, 15) is 4.79 Å². The van der Waals surface area contributed by atoms with E-state index >= 15 is 0 Å². The summed E-state index contributed by atoms with van der Waals surface area (Å²) < 4.78 is 5.46. The Kier molecular flexibility index (Phi) is 5.19. The van der Waals surface area contributed by atoms with Crippen LogP contribution < -0.4 is 5.73 Å². The molecule has 2 aliphatic rings. The van der Waals surface area contributed by atoms with Gasteiger partial charge in [0.1, 0.15) is 0 Å². The molecule has 1 saturated carbocycles. The van der Waals surface area contributed by atoms with Gasteiger partial charge in [-0.2, -0.15) is 0 Å². The number of hydrogen-bond donors (Lipinski definition) is 2. The number of hydrogen-bond acceptors (Lipinski definition) is 4. The minimum atomic E-state index is -0.228. The summed E-state index contributed by atoms with van der Waals surface area (Å²) in [6.07, 6.45) is 4.67. The van der Waals surface area contributed by atoms with Crippen LogP contribution in [0.25, 0.3) is 0 Å². The standard InChI is InChI=1S/C14H26N2O3/c1-10-9-19-13(8-17)7-16(10)14(18)6-11-3-2-4-12(15)5-11/h10-13,17H,2-9,15H2,1H3. The highest BCUT2D eigenvalue weighted by Crippen LogP contribution is 2.27. The fourth-order valence-electron chi connectivity index (χ4n) is 3.16. The van der Waals surface area contributed by atoms with Gasteiger partial charge >= 0.3 is 0 Å². The SMILES string of the molecule is CC1COC(CO)CN1C(=O)CC1CCCC(N)C1. The molecule has 5 nitrogen and oxygen atoms in total. The first-order valence-corrected chi connectivity index (χ1v) is 7.37. The number of carbonyl (C=O) groups excluding carboxylic acids is 1. The average molecular weight is 270 g/mol. The zero-order chi connectivity index (χ0) is 13.8. The smallest absolute Gasteiger partial charge is 0.223 e. The van der Waals surface area contributed by atoms with Gasteiger partial charge in [0.25, 0.3) is 0 Å². The number of aliphatic hydroxyl groups excluding tert-OH is 1. The summed E-state index contributed by atoms with van der Waals surface area (Å²) in [5, 5.41) is 9.15. The molecule has 1 heterocycles. The van der Waals surface area contributed by atoms with Crippen LogP contribution in [-0.2, 0) is 9.53 Å². The monoisotopic (exact) mass is 270 g/mol. The number of aliphatic hydroxyl groups is 1. The quantitative estimate of drug-likeness (QED) is 0.783. The predicted molar refractivity (Wildman–Crippen MR) is 72.6 cm³/mol. The number of rotatable bonds is 3. The molecule has 4 unspecified atom stereocenters. The van der Waals surface area contributed by atoms with Crippen molar-refractivity contribution in [2.45, 2.75) is 57.2 Å². The van der Waals surface area contributed by atoms with Crippen LogP contribution in [0.5, 0.6) is 0 Å². The second-order valence-corrected chi connectivity index (χ2v) is 6.03. The second-order valence-electron chi connectivity index (χ2n) is 6.03. The van der Waals surface area contributed by atoms with Gasteiger partial charge in [-0.05, 0) is 32.1 Å². The molecule has 5 heteroatoms. The van der Waals surface area contributed by atoms with Crippen LogP contribution in [0.1, 0.15) is 39.0 Å². The van der Waals surface area contributed by atoms with Gasteiger partial charge in [-0.1, -0.05) is 6.42 Å². The molecule has 110 valence electrons. The van der Waals surface area contributed by atoms with E-state index in [4.69, 9.17) is 15.6 Å². The largest absolute Gasteiger partial charge is 0.394 e. The van der Waals surface area contributed by atoms with Crippen molar-refractivity contribution < 1.29 is 14.6 Å². The summed E-state index contributed by atoms with van der Waals surface area (Å²) in [5.41, 5.74) is 5.97. The van der Waals surface area contributed by atoms with Gasteiger partial charge in [-0.3, -0.25) is 4.79 Å². The second kappa shape index (κ2) is 6.68. The van der Waals surface area contributed by atoms with Crippen molar-refractivity contribution in [2.75, 3.05) is 19.8 Å². The van der Waals surface area contributed by atoms with Crippen molar-refractivity contribution in [2.24, 2.45) is 11.7 Å². The summed E-state index contributed by atoms with van der Waals surface area (Å²) in [7, 11) is 0. The van der Waals surface area contributed by atoms with Crippen molar-refractivity contribution in [3.63, 3.8) is 0 Å².